The number of aryl methyl sites for hydroxylation is 1. The van der Waals surface area contributed by atoms with Crippen molar-refractivity contribution >= 4 is 51.8 Å². The first-order chi connectivity index (χ1) is 16.8. The molecule has 0 fully saturated rings. The third-order valence-electron chi connectivity index (χ3n) is 6.32. The van der Waals surface area contributed by atoms with Crippen LogP contribution in [0.5, 0.6) is 0 Å². The molecule has 2 heterocycles. The monoisotopic (exact) mass is 508 g/mol. The number of amides is 1. The summed E-state index contributed by atoms with van der Waals surface area (Å²) in [5.41, 5.74) is 3.18. The number of fused-ring (bicyclic) bond motifs is 2. The fourth-order valence-electron chi connectivity index (χ4n) is 4.62. The fraction of sp³-hybridized carbons (Fsp3) is 0.185. The zero-order valence-electron chi connectivity index (χ0n) is 18.9. The van der Waals surface area contributed by atoms with E-state index in [9.17, 15) is 14.7 Å². The van der Waals surface area contributed by atoms with Gasteiger partial charge >= 0.3 is 5.97 Å². The summed E-state index contributed by atoms with van der Waals surface area (Å²) in [5.74, 6) is -1.72. The van der Waals surface area contributed by atoms with Gasteiger partial charge < -0.3 is 14.6 Å². The predicted octanol–water partition coefficient (Wildman–Crippen LogP) is 6.57. The van der Waals surface area contributed by atoms with Crippen LogP contribution in [0, 0.1) is 12.7 Å². The molecule has 1 aromatic heterocycles. The van der Waals surface area contributed by atoms with Crippen molar-refractivity contribution < 1.29 is 19.1 Å². The molecule has 0 unspecified atom stereocenters. The van der Waals surface area contributed by atoms with Crippen LogP contribution < -0.4 is 4.90 Å². The van der Waals surface area contributed by atoms with E-state index in [0.717, 1.165) is 29.0 Å². The van der Waals surface area contributed by atoms with Crippen molar-refractivity contribution in [2.45, 2.75) is 36.1 Å². The predicted molar refractivity (Wildman–Crippen MR) is 136 cm³/mol. The Hall–Kier alpha value is -3.29. The Kier molecular flexibility index (Phi) is 6.30. The molecule has 178 valence electrons. The molecule has 35 heavy (non-hydrogen) atoms. The topological polar surface area (TPSA) is 62.5 Å². The Labute approximate surface area is 211 Å². The number of aromatic nitrogens is 1. The third-order valence-corrected chi connectivity index (χ3v) is 7.82. The maximum atomic E-state index is 15.3. The molecule has 0 atom stereocenters. The molecule has 5 rings (SSSR count). The molecule has 0 saturated carbocycles. The van der Waals surface area contributed by atoms with Gasteiger partial charge in [0.05, 0.1) is 16.1 Å². The van der Waals surface area contributed by atoms with Crippen LogP contribution in [-0.2, 0) is 17.8 Å². The molecule has 0 saturated heterocycles. The molecule has 3 aromatic carbocycles. The number of benzene rings is 3. The number of para-hydroxylation sites is 1. The summed E-state index contributed by atoms with van der Waals surface area (Å²) in [4.78, 5) is 28.1. The smallest absolute Gasteiger partial charge is 0.335 e. The van der Waals surface area contributed by atoms with Gasteiger partial charge in [-0.25, -0.2) is 9.18 Å². The minimum absolute atomic E-state index is 0.0172. The highest BCUT2D eigenvalue weighted by Gasteiger charge is 2.26. The molecular formula is C27H22ClFN2O3S. The van der Waals surface area contributed by atoms with Gasteiger partial charge in [-0.3, -0.25) is 4.79 Å². The molecule has 0 radical (unpaired) electrons. The molecule has 0 aliphatic carbocycles. The van der Waals surface area contributed by atoms with Crippen molar-refractivity contribution in [3.63, 3.8) is 0 Å². The summed E-state index contributed by atoms with van der Waals surface area (Å²) in [6, 6.07) is 17.7. The molecule has 0 bridgehead atoms. The van der Waals surface area contributed by atoms with E-state index in [1.807, 2.05) is 37.3 Å². The van der Waals surface area contributed by atoms with Gasteiger partial charge in [-0.05, 0) is 61.7 Å². The number of carboxylic acids is 1. The largest absolute Gasteiger partial charge is 0.478 e. The third kappa shape index (κ3) is 4.30. The maximum absolute atomic E-state index is 15.3. The number of aromatic carboxylic acids is 1. The number of hydrogen-bond acceptors (Lipinski definition) is 3. The van der Waals surface area contributed by atoms with Crippen molar-refractivity contribution in [1.82, 2.24) is 4.57 Å². The number of hydrogen-bond donors (Lipinski definition) is 1. The van der Waals surface area contributed by atoms with E-state index < -0.39 is 11.8 Å². The molecule has 1 amide bonds. The van der Waals surface area contributed by atoms with Gasteiger partial charge in [0.1, 0.15) is 6.54 Å². The minimum atomic E-state index is -1.02. The number of rotatable bonds is 5. The SMILES string of the molecule is Cc1c(Sc2cccc(C(=O)O)c2)c2ccc(Cl)c(F)c2n1CC(=O)N1CCCc2ccccc21. The lowest BCUT2D eigenvalue weighted by atomic mass is 10.0. The van der Waals surface area contributed by atoms with Crippen LogP contribution in [0.4, 0.5) is 10.1 Å². The Bertz CT molecular complexity index is 1480. The van der Waals surface area contributed by atoms with E-state index in [0.29, 0.717) is 22.5 Å². The second-order valence-corrected chi connectivity index (χ2v) is 9.96. The number of anilines is 1. The van der Waals surface area contributed by atoms with Crippen LogP contribution in [0.3, 0.4) is 0 Å². The van der Waals surface area contributed by atoms with Crippen LogP contribution in [0.1, 0.15) is 28.0 Å². The lowest BCUT2D eigenvalue weighted by molar-refractivity contribution is -0.119. The standard InChI is InChI=1S/C27H22ClFN2O3S/c1-16-26(35-19-9-4-7-18(14-19)27(33)34)20-11-12-21(28)24(29)25(20)31(16)15-23(32)30-13-5-8-17-6-2-3-10-22(17)30/h2-4,6-7,9-12,14H,5,8,13,15H2,1H3,(H,33,34). The zero-order chi connectivity index (χ0) is 24.7. The van der Waals surface area contributed by atoms with E-state index in [4.69, 9.17) is 11.6 Å². The highest BCUT2D eigenvalue weighted by molar-refractivity contribution is 7.99. The quantitative estimate of drug-likeness (QED) is 0.331. The van der Waals surface area contributed by atoms with Crippen molar-refractivity contribution in [1.29, 1.82) is 0 Å². The van der Waals surface area contributed by atoms with Crippen molar-refractivity contribution in [2.75, 3.05) is 11.4 Å². The van der Waals surface area contributed by atoms with Crippen molar-refractivity contribution in [2.24, 2.45) is 0 Å². The molecule has 5 nitrogen and oxygen atoms in total. The average molecular weight is 509 g/mol. The summed E-state index contributed by atoms with van der Waals surface area (Å²) in [6.07, 6.45) is 1.79. The summed E-state index contributed by atoms with van der Waals surface area (Å²) >= 11 is 7.48. The summed E-state index contributed by atoms with van der Waals surface area (Å²) in [5, 5.41) is 9.96. The summed E-state index contributed by atoms with van der Waals surface area (Å²) in [7, 11) is 0. The second kappa shape index (κ2) is 9.40. The maximum Gasteiger partial charge on any atom is 0.335 e. The van der Waals surface area contributed by atoms with Gasteiger partial charge in [-0.15, -0.1) is 0 Å². The number of carbonyl (C=O) groups is 2. The normalized spacial score (nSPS) is 13.2. The van der Waals surface area contributed by atoms with E-state index in [1.165, 1.54) is 23.9 Å². The first-order valence-electron chi connectivity index (χ1n) is 11.2. The van der Waals surface area contributed by atoms with Crippen LogP contribution in [0.25, 0.3) is 10.9 Å². The number of nitrogens with zero attached hydrogens (tertiary/aromatic N) is 2. The van der Waals surface area contributed by atoms with E-state index in [-0.39, 0.29) is 28.6 Å². The lowest BCUT2D eigenvalue weighted by Gasteiger charge is -2.30. The lowest BCUT2D eigenvalue weighted by Crippen LogP contribution is -2.37. The second-order valence-electron chi connectivity index (χ2n) is 8.47. The number of carbonyl (C=O) groups excluding carboxylic acids is 1. The first-order valence-corrected chi connectivity index (χ1v) is 12.4. The zero-order valence-corrected chi connectivity index (χ0v) is 20.5. The van der Waals surface area contributed by atoms with E-state index >= 15 is 4.39 Å². The van der Waals surface area contributed by atoms with E-state index in [2.05, 4.69) is 0 Å². The molecular weight excluding hydrogens is 487 g/mol. The minimum Gasteiger partial charge on any atom is -0.478 e. The fourth-order valence-corrected chi connectivity index (χ4v) is 5.88. The van der Waals surface area contributed by atoms with Gasteiger partial charge in [-0.1, -0.05) is 47.6 Å². The van der Waals surface area contributed by atoms with E-state index in [1.54, 1.807) is 27.7 Å². The number of halogens is 2. The number of carboxylic acid groups (broad SMARTS) is 1. The Morgan fingerprint density at radius 2 is 1.91 bits per heavy atom. The molecule has 1 N–H and O–H groups in total. The molecule has 1 aliphatic heterocycles. The summed E-state index contributed by atoms with van der Waals surface area (Å²) in [6.45, 7) is 2.42. The summed E-state index contributed by atoms with van der Waals surface area (Å²) < 4.78 is 17.0. The van der Waals surface area contributed by atoms with Crippen LogP contribution in [0.15, 0.2) is 70.5 Å². The average Bonchev–Trinajstić information content (AvgIpc) is 3.12. The van der Waals surface area contributed by atoms with Gasteiger partial charge in [0, 0.05) is 33.1 Å². The Morgan fingerprint density at radius 1 is 1.11 bits per heavy atom. The van der Waals surface area contributed by atoms with Crippen LogP contribution in [0.2, 0.25) is 5.02 Å². The highest BCUT2D eigenvalue weighted by Crippen LogP contribution is 2.41. The molecule has 1 aliphatic rings. The Balaban J connectivity index is 1.57. The van der Waals surface area contributed by atoms with Crippen molar-refractivity contribution in [3.8, 4) is 0 Å². The van der Waals surface area contributed by atoms with Crippen LogP contribution >= 0.6 is 23.4 Å². The van der Waals surface area contributed by atoms with Gasteiger partial charge in [0.15, 0.2) is 5.82 Å². The molecule has 0 spiro atoms. The van der Waals surface area contributed by atoms with Crippen molar-refractivity contribution in [3.05, 3.63) is 88.3 Å². The molecule has 4 aromatic rings. The molecule has 8 heteroatoms. The van der Waals surface area contributed by atoms with Gasteiger partial charge in [0.2, 0.25) is 5.91 Å². The van der Waals surface area contributed by atoms with Crippen LogP contribution in [-0.4, -0.2) is 28.1 Å². The Morgan fingerprint density at radius 3 is 2.71 bits per heavy atom. The first kappa shape index (κ1) is 23.5. The van der Waals surface area contributed by atoms with Gasteiger partial charge in [0.25, 0.3) is 0 Å². The highest BCUT2D eigenvalue weighted by atomic mass is 35.5. The van der Waals surface area contributed by atoms with Gasteiger partial charge in [-0.2, -0.15) is 0 Å².